The van der Waals surface area contributed by atoms with Crippen LogP contribution in [0, 0.1) is 6.92 Å². The maximum absolute atomic E-state index is 5.46. The Balaban J connectivity index is 2.17. The highest BCUT2D eigenvalue weighted by Gasteiger charge is 2.11. The van der Waals surface area contributed by atoms with Gasteiger partial charge in [-0.3, -0.25) is 4.98 Å². The normalized spacial score (nSPS) is 11.9. The summed E-state index contributed by atoms with van der Waals surface area (Å²) < 4.78 is 5.46. The fourth-order valence-electron chi connectivity index (χ4n) is 1.78. The van der Waals surface area contributed by atoms with Crippen molar-refractivity contribution in [1.82, 2.24) is 15.0 Å². The number of hydrogen-bond acceptors (Lipinski definition) is 5. The molecule has 2 aromatic heterocycles. The topological polar surface area (TPSA) is 59.9 Å². The number of ether oxygens (including phenoxy) is 1. The molecular weight excluding hydrogens is 240 g/mol. The van der Waals surface area contributed by atoms with Gasteiger partial charge in [-0.15, -0.1) is 0 Å². The van der Waals surface area contributed by atoms with Crippen molar-refractivity contribution in [3.8, 4) is 5.88 Å². The summed E-state index contributed by atoms with van der Waals surface area (Å²) in [5.74, 6) is 1.41. The molecule has 2 aromatic rings. The van der Waals surface area contributed by atoms with E-state index in [-0.39, 0.29) is 6.04 Å². The molecule has 0 amide bonds. The van der Waals surface area contributed by atoms with Crippen molar-refractivity contribution in [1.29, 1.82) is 0 Å². The third-order valence-electron chi connectivity index (χ3n) is 2.86. The van der Waals surface area contributed by atoms with E-state index in [0.717, 1.165) is 16.9 Å². The van der Waals surface area contributed by atoms with E-state index < -0.39 is 0 Å². The third kappa shape index (κ3) is 3.19. The number of hydrogen-bond donors (Lipinski definition) is 1. The molecule has 19 heavy (non-hydrogen) atoms. The molecule has 0 saturated heterocycles. The van der Waals surface area contributed by atoms with Crippen molar-refractivity contribution in [2.24, 2.45) is 0 Å². The minimum atomic E-state index is 0.122. The number of rotatable bonds is 5. The van der Waals surface area contributed by atoms with Crippen molar-refractivity contribution in [2.45, 2.75) is 26.8 Å². The van der Waals surface area contributed by atoms with E-state index in [9.17, 15) is 0 Å². The highest BCUT2D eigenvalue weighted by molar-refractivity contribution is 5.49. The molecule has 1 atom stereocenters. The van der Waals surface area contributed by atoms with Crippen LogP contribution in [0.15, 0.2) is 30.9 Å². The van der Waals surface area contributed by atoms with Crippen LogP contribution in [0.25, 0.3) is 0 Å². The quantitative estimate of drug-likeness (QED) is 0.893. The molecule has 5 heteroatoms. The summed E-state index contributed by atoms with van der Waals surface area (Å²) in [4.78, 5) is 12.5. The van der Waals surface area contributed by atoms with Crippen LogP contribution in [0.4, 0.5) is 5.82 Å². The Labute approximate surface area is 113 Å². The van der Waals surface area contributed by atoms with E-state index in [4.69, 9.17) is 4.74 Å². The van der Waals surface area contributed by atoms with Crippen LogP contribution in [0.1, 0.15) is 31.0 Å². The lowest BCUT2D eigenvalue weighted by Crippen LogP contribution is -2.10. The first kappa shape index (κ1) is 13.3. The van der Waals surface area contributed by atoms with E-state index in [1.807, 2.05) is 32.2 Å². The van der Waals surface area contributed by atoms with Crippen LogP contribution in [0.2, 0.25) is 0 Å². The van der Waals surface area contributed by atoms with Crippen molar-refractivity contribution >= 4 is 5.82 Å². The number of anilines is 1. The molecule has 0 aliphatic rings. The molecule has 0 saturated carbocycles. The molecule has 5 nitrogen and oxygen atoms in total. The smallest absolute Gasteiger partial charge is 0.221 e. The molecule has 0 aliphatic heterocycles. The van der Waals surface area contributed by atoms with Crippen LogP contribution in [0.3, 0.4) is 0 Å². The molecule has 100 valence electrons. The minimum Gasteiger partial charge on any atom is -0.478 e. The predicted octanol–water partition coefficient (Wildman–Crippen LogP) is 2.75. The van der Waals surface area contributed by atoms with Gasteiger partial charge in [0.2, 0.25) is 5.88 Å². The predicted molar refractivity (Wildman–Crippen MR) is 74.2 cm³/mol. The first-order chi connectivity index (χ1) is 9.22. The molecule has 2 heterocycles. The molecule has 1 N–H and O–H groups in total. The van der Waals surface area contributed by atoms with Gasteiger partial charge >= 0.3 is 0 Å². The summed E-state index contributed by atoms with van der Waals surface area (Å²) >= 11 is 0. The van der Waals surface area contributed by atoms with E-state index >= 15 is 0 Å². The van der Waals surface area contributed by atoms with Crippen LogP contribution < -0.4 is 10.1 Å². The zero-order valence-electron chi connectivity index (χ0n) is 11.4. The van der Waals surface area contributed by atoms with Gasteiger partial charge in [-0.1, -0.05) is 6.07 Å². The molecule has 0 spiro atoms. The second-order valence-electron chi connectivity index (χ2n) is 4.24. The van der Waals surface area contributed by atoms with Crippen LogP contribution in [0.5, 0.6) is 5.88 Å². The molecule has 0 bridgehead atoms. The Morgan fingerprint density at radius 1 is 1.37 bits per heavy atom. The van der Waals surface area contributed by atoms with Crippen molar-refractivity contribution in [2.75, 3.05) is 11.9 Å². The lowest BCUT2D eigenvalue weighted by Gasteiger charge is -2.17. The molecule has 0 aromatic carbocycles. The molecule has 0 aliphatic carbocycles. The first-order valence-electron chi connectivity index (χ1n) is 6.33. The monoisotopic (exact) mass is 258 g/mol. The van der Waals surface area contributed by atoms with Gasteiger partial charge in [-0.25, -0.2) is 9.97 Å². The molecule has 1 unspecified atom stereocenters. The Hall–Kier alpha value is -2.17. The van der Waals surface area contributed by atoms with Gasteiger partial charge in [0.1, 0.15) is 12.1 Å². The number of nitrogens with zero attached hydrogens (tertiary/aromatic N) is 3. The number of pyridine rings is 1. The van der Waals surface area contributed by atoms with Gasteiger partial charge in [0.25, 0.3) is 0 Å². The van der Waals surface area contributed by atoms with Gasteiger partial charge in [-0.2, -0.15) is 0 Å². The Kier molecular flexibility index (Phi) is 4.28. The van der Waals surface area contributed by atoms with Crippen LogP contribution >= 0.6 is 0 Å². The second-order valence-corrected chi connectivity index (χ2v) is 4.24. The van der Waals surface area contributed by atoms with Crippen molar-refractivity contribution < 1.29 is 4.74 Å². The standard InChI is InChI=1S/C14H18N4O/c1-4-19-14-10(2)13(16-9-17-14)18-11(3)12-6-5-7-15-8-12/h5-9,11H,4H2,1-3H3,(H,16,17,18). The maximum atomic E-state index is 5.46. The van der Waals surface area contributed by atoms with E-state index in [0.29, 0.717) is 12.5 Å². The van der Waals surface area contributed by atoms with Gasteiger partial charge in [-0.05, 0) is 32.4 Å². The number of aromatic nitrogens is 3. The molecular formula is C14H18N4O. The summed E-state index contributed by atoms with van der Waals surface area (Å²) in [6.07, 6.45) is 5.12. The van der Waals surface area contributed by atoms with Crippen LogP contribution in [-0.2, 0) is 0 Å². The number of nitrogens with one attached hydrogen (secondary N) is 1. The molecule has 0 fully saturated rings. The fourth-order valence-corrected chi connectivity index (χ4v) is 1.78. The van der Waals surface area contributed by atoms with E-state index in [1.165, 1.54) is 6.33 Å². The van der Waals surface area contributed by atoms with Gasteiger partial charge in [0.05, 0.1) is 18.2 Å². The largest absolute Gasteiger partial charge is 0.478 e. The highest BCUT2D eigenvalue weighted by atomic mass is 16.5. The average Bonchev–Trinajstić information content (AvgIpc) is 2.44. The lowest BCUT2D eigenvalue weighted by molar-refractivity contribution is 0.324. The Morgan fingerprint density at radius 3 is 2.89 bits per heavy atom. The van der Waals surface area contributed by atoms with Crippen molar-refractivity contribution in [3.63, 3.8) is 0 Å². The fraction of sp³-hybridized carbons (Fsp3) is 0.357. The summed E-state index contributed by atoms with van der Waals surface area (Å²) in [5, 5.41) is 3.35. The first-order valence-corrected chi connectivity index (χ1v) is 6.33. The van der Waals surface area contributed by atoms with Gasteiger partial charge in [0.15, 0.2) is 0 Å². The van der Waals surface area contributed by atoms with E-state index in [1.54, 1.807) is 6.20 Å². The summed E-state index contributed by atoms with van der Waals surface area (Å²) in [5.41, 5.74) is 2.03. The van der Waals surface area contributed by atoms with Crippen molar-refractivity contribution in [3.05, 3.63) is 42.0 Å². The lowest BCUT2D eigenvalue weighted by atomic mass is 10.1. The highest BCUT2D eigenvalue weighted by Crippen LogP contribution is 2.24. The zero-order chi connectivity index (χ0) is 13.7. The van der Waals surface area contributed by atoms with Gasteiger partial charge in [0, 0.05) is 12.4 Å². The summed E-state index contributed by atoms with van der Waals surface area (Å²) in [6.45, 7) is 6.55. The van der Waals surface area contributed by atoms with Gasteiger partial charge < -0.3 is 10.1 Å². The minimum absolute atomic E-state index is 0.122. The summed E-state index contributed by atoms with van der Waals surface area (Å²) in [7, 11) is 0. The molecule has 2 rings (SSSR count). The van der Waals surface area contributed by atoms with E-state index in [2.05, 4.69) is 27.2 Å². The maximum Gasteiger partial charge on any atom is 0.221 e. The summed E-state index contributed by atoms with van der Waals surface area (Å²) in [6, 6.07) is 4.08. The second kappa shape index (κ2) is 6.13. The molecule has 0 radical (unpaired) electrons. The average molecular weight is 258 g/mol. The Morgan fingerprint density at radius 2 is 2.21 bits per heavy atom. The SMILES string of the molecule is CCOc1ncnc(NC(C)c2cccnc2)c1C. The third-order valence-corrected chi connectivity index (χ3v) is 2.86. The Bertz CT molecular complexity index is 530. The zero-order valence-corrected chi connectivity index (χ0v) is 11.4. The van der Waals surface area contributed by atoms with Crippen LogP contribution in [-0.4, -0.2) is 21.6 Å².